The molecule has 0 fully saturated rings. The van der Waals surface area contributed by atoms with E-state index in [-0.39, 0.29) is 16.8 Å². The molecule has 8 nitrogen and oxygen atoms in total. The maximum absolute atomic E-state index is 12.5. The molecule has 0 aliphatic heterocycles. The molecule has 32 heavy (non-hydrogen) atoms. The minimum absolute atomic E-state index is 0.162. The van der Waals surface area contributed by atoms with Crippen LogP contribution in [0, 0.1) is 11.3 Å². The van der Waals surface area contributed by atoms with Gasteiger partial charge in [-0.1, -0.05) is 37.6 Å². The summed E-state index contributed by atoms with van der Waals surface area (Å²) in [5.74, 6) is -1.62. The number of benzene rings is 2. The highest BCUT2D eigenvalue weighted by atomic mass is 16.5. The summed E-state index contributed by atoms with van der Waals surface area (Å²) in [6, 6.07) is 15.0. The monoisotopic (exact) mass is 435 g/mol. The predicted molar refractivity (Wildman–Crippen MR) is 119 cm³/mol. The van der Waals surface area contributed by atoms with Crippen molar-refractivity contribution in [2.24, 2.45) is 0 Å². The first-order valence-electron chi connectivity index (χ1n) is 10.1. The van der Waals surface area contributed by atoms with Gasteiger partial charge in [0.2, 0.25) is 0 Å². The van der Waals surface area contributed by atoms with E-state index in [0.29, 0.717) is 18.7 Å². The summed E-state index contributed by atoms with van der Waals surface area (Å²) in [7, 11) is 1.31. The third kappa shape index (κ3) is 6.99. The standard InChI is InChI=1S/C24H25N3O5/c1-3-4-13-32-24(30)20-7-5-6-8-21(20)27-22(28)19(14-25)16-26-15-17-9-11-18(12-10-17)23(29)31-2/h5-12,16,26H,3-4,13,15H2,1-2H3,(H,27,28)/b19-16-. The van der Waals surface area contributed by atoms with E-state index < -0.39 is 17.8 Å². The van der Waals surface area contributed by atoms with Gasteiger partial charge in [0.15, 0.2) is 0 Å². The molecule has 0 heterocycles. The van der Waals surface area contributed by atoms with Crippen LogP contribution in [0.25, 0.3) is 0 Å². The van der Waals surface area contributed by atoms with E-state index >= 15 is 0 Å². The number of nitrogens with one attached hydrogen (secondary N) is 2. The number of nitrogens with zero attached hydrogens (tertiary/aromatic N) is 1. The number of carbonyl (C=O) groups excluding carboxylic acids is 3. The lowest BCUT2D eigenvalue weighted by Crippen LogP contribution is -2.19. The van der Waals surface area contributed by atoms with Crippen molar-refractivity contribution in [3.8, 4) is 6.07 Å². The van der Waals surface area contributed by atoms with E-state index in [9.17, 15) is 19.6 Å². The van der Waals surface area contributed by atoms with E-state index in [2.05, 4.69) is 15.4 Å². The van der Waals surface area contributed by atoms with Crippen LogP contribution in [-0.2, 0) is 20.8 Å². The number of nitriles is 1. The van der Waals surface area contributed by atoms with Crippen LogP contribution in [0.15, 0.2) is 60.3 Å². The Hall–Kier alpha value is -4.12. The molecule has 0 atom stereocenters. The quantitative estimate of drug-likeness (QED) is 0.254. The molecule has 166 valence electrons. The highest BCUT2D eigenvalue weighted by Gasteiger charge is 2.16. The Labute approximate surface area is 186 Å². The molecule has 0 spiro atoms. The number of hydrogen-bond donors (Lipinski definition) is 2. The smallest absolute Gasteiger partial charge is 0.340 e. The molecule has 0 aromatic heterocycles. The Morgan fingerprint density at radius 2 is 1.78 bits per heavy atom. The molecule has 0 unspecified atom stereocenters. The average molecular weight is 435 g/mol. The third-order valence-corrected chi connectivity index (χ3v) is 4.42. The van der Waals surface area contributed by atoms with Crippen LogP contribution >= 0.6 is 0 Å². The maximum Gasteiger partial charge on any atom is 0.340 e. The van der Waals surface area contributed by atoms with Gasteiger partial charge in [-0.05, 0) is 36.2 Å². The number of rotatable bonds is 10. The highest BCUT2D eigenvalue weighted by molar-refractivity contribution is 6.09. The fourth-order valence-electron chi connectivity index (χ4n) is 2.64. The lowest BCUT2D eigenvalue weighted by atomic mass is 10.1. The summed E-state index contributed by atoms with van der Waals surface area (Å²) >= 11 is 0. The van der Waals surface area contributed by atoms with E-state index in [0.717, 1.165) is 18.4 Å². The van der Waals surface area contributed by atoms with Crippen molar-refractivity contribution in [3.05, 3.63) is 77.0 Å². The van der Waals surface area contributed by atoms with Crippen molar-refractivity contribution >= 4 is 23.5 Å². The van der Waals surface area contributed by atoms with Gasteiger partial charge in [-0.15, -0.1) is 0 Å². The molecule has 2 aromatic carbocycles. The van der Waals surface area contributed by atoms with E-state index in [4.69, 9.17) is 4.74 Å². The van der Waals surface area contributed by atoms with Crippen molar-refractivity contribution in [2.45, 2.75) is 26.3 Å². The van der Waals surface area contributed by atoms with E-state index in [1.54, 1.807) is 48.5 Å². The van der Waals surface area contributed by atoms with Gasteiger partial charge < -0.3 is 20.1 Å². The molecule has 0 aliphatic rings. The molecule has 2 N–H and O–H groups in total. The highest BCUT2D eigenvalue weighted by Crippen LogP contribution is 2.17. The number of anilines is 1. The molecule has 0 aliphatic carbocycles. The molecule has 2 rings (SSSR count). The van der Waals surface area contributed by atoms with Crippen LogP contribution in [0.1, 0.15) is 46.0 Å². The lowest BCUT2D eigenvalue weighted by Gasteiger charge is -2.10. The Kier molecular flexibility index (Phi) is 9.47. The predicted octanol–water partition coefficient (Wildman–Crippen LogP) is 3.57. The number of amides is 1. The molecular weight excluding hydrogens is 410 g/mol. The lowest BCUT2D eigenvalue weighted by molar-refractivity contribution is -0.112. The van der Waals surface area contributed by atoms with Crippen molar-refractivity contribution in [1.82, 2.24) is 5.32 Å². The second kappa shape index (κ2) is 12.5. The van der Waals surface area contributed by atoms with Crippen LogP contribution < -0.4 is 10.6 Å². The summed E-state index contributed by atoms with van der Waals surface area (Å²) in [4.78, 5) is 36.3. The van der Waals surface area contributed by atoms with Gasteiger partial charge in [0.05, 0.1) is 30.5 Å². The van der Waals surface area contributed by atoms with Gasteiger partial charge in [0.1, 0.15) is 11.6 Å². The molecule has 0 saturated carbocycles. The first-order chi connectivity index (χ1) is 15.5. The zero-order valence-electron chi connectivity index (χ0n) is 18.0. The molecular formula is C24H25N3O5. The molecule has 8 heteroatoms. The van der Waals surface area contributed by atoms with E-state index in [1.165, 1.54) is 13.3 Å². The number of hydrogen-bond acceptors (Lipinski definition) is 7. The topological polar surface area (TPSA) is 118 Å². The number of esters is 2. The van der Waals surface area contributed by atoms with Crippen LogP contribution in [0.5, 0.6) is 0 Å². The Balaban J connectivity index is 2.01. The first-order valence-corrected chi connectivity index (χ1v) is 10.1. The second-order valence-corrected chi connectivity index (χ2v) is 6.73. The molecule has 2 aromatic rings. The van der Waals surface area contributed by atoms with Crippen molar-refractivity contribution in [2.75, 3.05) is 19.0 Å². The van der Waals surface area contributed by atoms with Crippen LogP contribution in [0.4, 0.5) is 5.69 Å². The van der Waals surface area contributed by atoms with Crippen LogP contribution in [0.2, 0.25) is 0 Å². The van der Waals surface area contributed by atoms with Crippen molar-refractivity contribution in [1.29, 1.82) is 5.26 Å². The minimum Gasteiger partial charge on any atom is -0.465 e. The second-order valence-electron chi connectivity index (χ2n) is 6.73. The number of para-hydroxylation sites is 1. The molecule has 0 bridgehead atoms. The average Bonchev–Trinajstić information content (AvgIpc) is 2.82. The van der Waals surface area contributed by atoms with Gasteiger partial charge in [-0.2, -0.15) is 5.26 Å². The summed E-state index contributed by atoms with van der Waals surface area (Å²) in [6.45, 7) is 2.62. The first kappa shape index (κ1) is 24.2. The van der Waals surface area contributed by atoms with Gasteiger partial charge >= 0.3 is 11.9 Å². The zero-order valence-corrected chi connectivity index (χ0v) is 18.0. The Morgan fingerprint density at radius 1 is 1.06 bits per heavy atom. The van der Waals surface area contributed by atoms with Gasteiger partial charge in [-0.3, -0.25) is 4.79 Å². The summed E-state index contributed by atoms with van der Waals surface area (Å²) in [6.07, 6.45) is 2.94. The van der Waals surface area contributed by atoms with Crippen LogP contribution in [-0.4, -0.2) is 31.6 Å². The normalized spacial score (nSPS) is 10.6. The molecule has 0 saturated heterocycles. The molecule has 0 radical (unpaired) electrons. The Morgan fingerprint density at radius 3 is 2.44 bits per heavy atom. The third-order valence-electron chi connectivity index (χ3n) is 4.42. The SMILES string of the molecule is CCCCOC(=O)c1ccccc1NC(=O)/C(C#N)=C\NCc1ccc(C(=O)OC)cc1. The number of carbonyl (C=O) groups is 3. The van der Waals surface area contributed by atoms with Gasteiger partial charge in [0.25, 0.3) is 5.91 Å². The van der Waals surface area contributed by atoms with E-state index in [1.807, 2.05) is 13.0 Å². The summed E-state index contributed by atoms with van der Waals surface area (Å²) < 4.78 is 9.86. The maximum atomic E-state index is 12.5. The van der Waals surface area contributed by atoms with Crippen molar-refractivity contribution < 1.29 is 23.9 Å². The fourth-order valence-corrected chi connectivity index (χ4v) is 2.64. The number of unbranched alkanes of at least 4 members (excludes halogenated alkanes) is 1. The zero-order chi connectivity index (χ0) is 23.3. The summed E-state index contributed by atoms with van der Waals surface area (Å²) in [5.41, 5.74) is 1.58. The van der Waals surface area contributed by atoms with Gasteiger partial charge in [0, 0.05) is 12.7 Å². The fraction of sp³-hybridized carbons (Fsp3) is 0.250. The molecule has 1 amide bonds. The summed E-state index contributed by atoms with van der Waals surface area (Å²) in [5, 5.41) is 14.8. The van der Waals surface area contributed by atoms with Crippen molar-refractivity contribution in [3.63, 3.8) is 0 Å². The number of methoxy groups -OCH3 is 1. The minimum atomic E-state index is -0.658. The number of ether oxygens (including phenoxy) is 2. The Bertz CT molecular complexity index is 1020. The largest absolute Gasteiger partial charge is 0.465 e. The van der Waals surface area contributed by atoms with Gasteiger partial charge in [-0.25, -0.2) is 9.59 Å². The van der Waals surface area contributed by atoms with Crippen LogP contribution in [0.3, 0.4) is 0 Å².